The summed E-state index contributed by atoms with van der Waals surface area (Å²) in [7, 11) is 0. The fraction of sp³-hybridized carbons (Fsp3) is 0.625. The van der Waals surface area contributed by atoms with E-state index in [2.05, 4.69) is 67.8 Å². The summed E-state index contributed by atoms with van der Waals surface area (Å²) in [6, 6.07) is -0.156. The maximum atomic E-state index is 11.5. The molecule has 0 aliphatic heterocycles. The second-order valence-electron chi connectivity index (χ2n) is 7.17. The molecule has 0 aliphatic carbocycles. The fourth-order valence-electron chi connectivity index (χ4n) is 2.52. The fourth-order valence-corrected chi connectivity index (χ4v) is 2.52. The summed E-state index contributed by atoms with van der Waals surface area (Å²) in [6.45, 7) is 6.25. The average molecular weight is 376 g/mol. The number of carbonyl (C=O) groups is 1. The van der Waals surface area contributed by atoms with Crippen LogP contribution in [0.5, 0.6) is 0 Å². The number of hydrogen-bond donors (Lipinski definition) is 2. The lowest BCUT2D eigenvalue weighted by molar-refractivity contribution is -0.122. The molecule has 0 saturated carbocycles. The topological polar surface area (TPSA) is 49.3 Å². The van der Waals surface area contributed by atoms with Gasteiger partial charge in [-0.15, -0.1) is 0 Å². The van der Waals surface area contributed by atoms with Gasteiger partial charge in [0.2, 0.25) is 5.91 Å². The SMILES string of the molecule is CCCCC/C=C\[C@@H](C)/C=C\C/C=C\C/C=C\CCCC(=O)N[C@H](C)CO. The van der Waals surface area contributed by atoms with E-state index in [-0.39, 0.29) is 18.6 Å². The summed E-state index contributed by atoms with van der Waals surface area (Å²) >= 11 is 0. The summed E-state index contributed by atoms with van der Waals surface area (Å²) in [5, 5.41) is 11.6. The van der Waals surface area contributed by atoms with Gasteiger partial charge in [-0.05, 0) is 51.4 Å². The first-order valence-electron chi connectivity index (χ1n) is 10.6. The Morgan fingerprint density at radius 1 is 0.889 bits per heavy atom. The Balaban J connectivity index is 3.65. The largest absolute Gasteiger partial charge is 0.394 e. The minimum absolute atomic E-state index is 0.0121. The van der Waals surface area contributed by atoms with Crippen molar-refractivity contribution in [1.82, 2.24) is 5.32 Å². The molecule has 0 rings (SSSR count). The van der Waals surface area contributed by atoms with E-state index in [9.17, 15) is 4.79 Å². The molecule has 3 nitrogen and oxygen atoms in total. The first kappa shape index (κ1) is 25.4. The summed E-state index contributed by atoms with van der Waals surface area (Å²) < 4.78 is 0. The standard InChI is InChI=1S/C24H41NO2/c1-4-5-6-12-15-18-22(2)19-16-13-10-8-7-9-11-14-17-20-24(27)25-23(3)21-26/h8-11,15-16,18-19,22-23,26H,4-7,12-14,17,20-21H2,1-3H3,(H,25,27)/b10-8-,11-9-,18-15-,19-16-/t22-,23-/m1/s1. The Hall–Kier alpha value is -1.61. The van der Waals surface area contributed by atoms with Crippen LogP contribution in [0.1, 0.15) is 78.6 Å². The minimum atomic E-state index is -0.156. The van der Waals surface area contributed by atoms with E-state index in [0.29, 0.717) is 12.3 Å². The Bertz CT molecular complexity index is 463. The average Bonchev–Trinajstić information content (AvgIpc) is 2.65. The number of rotatable bonds is 16. The zero-order valence-electron chi connectivity index (χ0n) is 17.7. The minimum Gasteiger partial charge on any atom is -0.394 e. The summed E-state index contributed by atoms with van der Waals surface area (Å²) in [4.78, 5) is 11.5. The molecule has 154 valence electrons. The van der Waals surface area contributed by atoms with E-state index < -0.39 is 0 Å². The van der Waals surface area contributed by atoms with Gasteiger partial charge in [-0.25, -0.2) is 0 Å². The molecule has 0 radical (unpaired) electrons. The molecule has 0 bridgehead atoms. The van der Waals surface area contributed by atoms with Crippen molar-refractivity contribution in [3.8, 4) is 0 Å². The van der Waals surface area contributed by atoms with Crippen LogP contribution in [0, 0.1) is 5.92 Å². The Labute approximate surface area is 167 Å². The van der Waals surface area contributed by atoms with Gasteiger partial charge >= 0.3 is 0 Å². The van der Waals surface area contributed by atoms with Gasteiger partial charge in [0.05, 0.1) is 6.61 Å². The number of carbonyl (C=O) groups excluding carboxylic acids is 1. The van der Waals surface area contributed by atoms with E-state index >= 15 is 0 Å². The van der Waals surface area contributed by atoms with E-state index in [1.165, 1.54) is 25.7 Å². The Morgan fingerprint density at radius 3 is 2.22 bits per heavy atom. The first-order valence-corrected chi connectivity index (χ1v) is 10.6. The lowest BCUT2D eigenvalue weighted by atomic mass is 10.1. The second-order valence-corrected chi connectivity index (χ2v) is 7.17. The van der Waals surface area contributed by atoms with E-state index in [1.807, 2.05) is 0 Å². The molecule has 27 heavy (non-hydrogen) atoms. The molecule has 1 amide bonds. The number of unbranched alkanes of at least 4 members (excludes halogenated alkanes) is 4. The molecule has 0 spiro atoms. The molecule has 0 unspecified atom stereocenters. The number of nitrogens with one attached hydrogen (secondary N) is 1. The highest BCUT2D eigenvalue weighted by Crippen LogP contribution is 2.05. The van der Waals surface area contributed by atoms with Crippen molar-refractivity contribution >= 4 is 5.91 Å². The zero-order valence-corrected chi connectivity index (χ0v) is 17.7. The van der Waals surface area contributed by atoms with Gasteiger partial charge < -0.3 is 10.4 Å². The zero-order chi connectivity index (χ0) is 20.2. The molecule has 0 aromatic heterocycles. The van der Waals surface area contributed by atoms with Crippen LogP contribution in [-0.2, 0) is 4.79 Å². The highest BCUT2D eigenvalue weighted by atomic mass is 16.3. The Morgan fingerprint density at radius 2 is 1.52 bits per heavy atom. The molecular weight excluding hydrogens is 334 g/mol. The molecule has 3 heteroatoms. The van der Waals surface area contributed by atoms with Gasteiger partial charge in [0, 0.05) is 12.5 Å². The molecule has 0 heterocycles. The van der Waals surface area contributed by atoms with Crippen molar-refractivity contribution in [3.05, 3.63) is 48.6 Å². The van der Waals surface area contributed by atoms with Crippen LogP contribution >= 0.6 is 0 Å². The molecule has 0 aliphatic rings. The van der Waals surface area contributed by atoms with Crippen LogP contribution in [0.2, 0.25) is 0 Å². The predicted octanol–water partition coefficient (Wildman–Crippen LogP) is 5.88. The molecule has 0 saturated heterocycles. The quantitative estimate of drug-likeness (QED) is 0.262. The lowest BCUT2D eigenvalue weighted by Crippen LogP contribution is -2.34. The molecule has 0 aromatic carbocycles. The number of amides is 1. The number of aliphatic hydroxyl groups is 1. The molecule has 2 N–H and O–H groups in total. The maximum absolute atomic E-state index is 11.5. The van der Waals surface area contributed by atoms with Crippen LogP contribution in [0.3, 0.4) is 0 Å². The van der Waals surface area contributed by atoms with Crippen molar-refractivity contribution in [2.75, 3.05) is 6.61 Å². The van der Waals surface area contributed by atoms with Crippen molar-refractivity contribution in [1.29, 1.82) is 0 Å². The predicted molar refractivity (Wildman–Crippen MR) is 118 cm³/mol. The second kappa shape index (κ2) is 19.2. The van der Waals surface area contributed by atoms with Crippen LogP contribution in [0.15, 0.2) is 48.6 Å². The smallest absolute Gasteiger partial charge is 0.220 e. The van der Waals surface area contributed by atoms with Gasteiger partial charge in [0.15, 0.2) is 0 Å². The van der Waals surface area contributed by atoms with Crippen LogP contribution < -0.4 is 5.32 Å². The monoisotopic (exact) mass is 375 g/mol. The van der Waals surface area contributed by atoms with Crippen LogP contribution in [-0.4, -0.2) is 23.7 Å². The molecular formula is C24H41NO2. The normalized spacial score (nSPS) is 14.7. The molecule has 2 atom stereocenters. The molecule has 0 fully saturated rings. The van der Waals surface area contributed by atoms with Crippen molar-refractivity contribution < 1.29 is 9.90 Å². The van der Waals surface area contributed by atoms with E-state index in [4.69, 9.17) is 5.11 Å². The van der Waals surface area contributed by atoms with Gasteiger partial charge in [0.25, 0.3) is 0 Å². The van der Waals surface area contributed by atoms with Crippen molar-refractivity contribution in [2.24, 2.45) is 5.92 Å². The van der Waals surface area contributed by atoms with Crippen molar-refractivity contribution in [3.63, 3.8) is 0 Å². The van der Waals surface area contributed by atoms with Crippen LogP contribution in [0.25, 0.3) is 0 Å². The summed E-state index contributed by atoms with van der Waals surface area (Å²) in [6.07, 6.45) is 27.1. The number of hydrogen-bond acceptors (Lipinski definition) is 2. The van der Waals surface area contributed by atoms with E-state index in [1.54, 1.807) is 6.92 Å². The lowest BCUT2D eigenvalue weighted by Gasteiger charge is -2.09. The summed E-state index contributed by atoms with van der Waals surface area (Å²) in [5.41, 5.74) is 0. The maximum Gasteiger partial charge on any atom is 0.220 e. The first-order chi connectivity index (χ1) is 13.1. The van der Waals surface area contributed by atoms with E-state index in [0.717, 1.165) is 25.7 Å². The van der Waals surface area contributed by atoms with Crippen molar-refractivity contribution in [2.45, 2.75) is 84.6 Å². The highest BCUT2D eigenvalue weighted by molar-refractivity contribution is 5.76. The third kappa shape index (κ3) is 19.0. The Kier molecular flexibility index (Phi) is 18.0. The third-order valence-corrected chi connectivity index (χ3v) is 4.19. The molecule has 0 aromatic rings. The third-order valence-electron chi connectivity index (χ3n) is 4.19. The number of aliphatic hydroxyl groups excluding tert-OH is 1. The highest BCUT2D eigenvalue weighted by Gasteiger charge is 2.04. The summed E-state index contributed by atoms with van der Waals surface area (Å²) in [5.74, 6) is 0.527. The van der Waals surface area contributed by atoms with Gasteiger partial charge in [-0.2, -0.15) is 0 Å². The van der Waals surface area contributed by atoms with Gasteiger partial charge in [-0.3, -0.25) is 4.79 Å². The number of allylic oxidation sites excluding steroid dienone is 8. The van der Waals surface area contributed by atoms with Gasteiger partial charge in [0.1, 0.15) is 0 Å². The van der Waals surface area contributed by atoms with Crippen LogP contribution in [0.4, 0.5) is 0 Å². The van der Waals surface area contributed by atoms with Gasteiger partial charge in [-0.1, -0.05) is 75.3 Å².